The van der Waals surface area contributed by atoms with Crippen LogP contribution in [0.25, 0.3) is 6.08 Å². The Balaban J connectivity index is 1.79. The van der Waals surface area contributed by atoms with E-state index in [1.807, 2.05) is 36.4 Å². The number of nitrogens with zero attached hydrogens (tertiary/aromatic N) is 1. The molecule has 3 heteroatoms. The molecule has 0 aromatic heterocycles. The summed E-state index contributed by atoms with van der Waals surface area (Å²) in [5, 5.41) is 10.3. The average Bonchev–Trinajstić information content (AvgIpc) is 2.69. The molecule has 2 aromatic rings. The molecule has 3 atom stereocenters. The number of methoxy groups -OCH3 is 1. The summed E-state index contributed by atoms with van der Waals surface area (Å²) in [6.07, 6.45) is 7.46. The van der Waals surface area contributed by atoms with Gasteiger partial charge in [-0.15, -0.1) is 6.58 Å². The van der Waals surface area contributed by atoms with Crippen LogP contribution >= 0.6 is 0 Å². The smallest absolute Gasteiger partial charge is 0.118 e. The van der Waals surface area contributed by atoms with Gasteiger partial charge in [0, 0.05) is 18.6 Å². The van der Waals surface area contributed by atoms with Crippen LogP contribution in [0.1, 0.15) is 24.0 Å². The topological polar surface area (TPSA) is 32.7 Å². The molecular weight excluding hydrogens is 322 g/mol. The van der Waals surface area contributed by atoms with E-state index in [4.69, 9.17) is 4.74 Å². The molecule has 0 amide bonds. The van der Waals surface area contributed by atoms with Crippen molar-refractivity contribution in [3.63, 3.8) is 0 Å². The summed E-state index contributed by atoms with van der Waals surface area (Å²) in [6.45, 7) is 4.84. The van der Waals surface area contributed by atoms with Crippen LogP contribution in [0.4, 0.5) is 0 Å². The summed E-state index contributed by atoms with van der Waals surface area (Å²) in [6, 6.07) is 18.8. The lowest BCUT2D eigenvalue weighted by molar-refractivity contribution is 0.0290. The third-order valence-electron chi connectivity index (χ3n) is 4.99. The minimum atomic E-state index is -0.296. The van der Waals surface area contributed by atoms with Crippen LogP contribution < -0.4 is 4.74 Å². The largest absolute Gasteiger partial charge is 0.497 e. The normalized spacial score (nSPS) is 23.8. The molecule has 0 aliphatic carbocycles. The molecule has 0 radical (unpaired) electrons. The van der Waals surface area contributed by atoms with E-state index in [1.54, 1.807) is 7.11 Å². The van der Waals surface area contributed by atoms with Crippen LogP contribution in [0.5, 0.6) is 5.75 Å². The predicted molar refractivity (Wildman–Crippen MR) is 107 cm³/mol. The Morgan fingerprint density at radius 1 is 1.08 bits per heavy atom. The quantitative estimate of drug-likeness (QED) is 0.790. The van der Waals surface area contributed by atoms with Crippen molar-refractivity contribution in [3.8, 4) is 5.75 Å². The third-order valence-corrected chi connectivity index (χ3v) is 4.99. The predicted octanol–water partition coefficient (Wildman–Crippen LogP) is 4.29. The van der Waals surface area contributed by atoms with E-state index in [1.165, 1.54) is 5.56 Å². The summed E-state index contributed by atoms with van der Waals surface area (Å²) >= 11 is 0. The van der Waals surface area contributed by atoms with Crippen molar-refractivity contribution in [3.05, 3.63) is 84.5 Å². The summed E-state index contributed by atoms with van der Waals surface area (Å²) in [4.78, 5) is 2.43. The molecule has 1 saturated heterocycles. The fourth-order valence-corrected chi connectivity index (χ4v) is 3.56. The first-order chi connectivity index (χ1) is 12.7. The molecule has 1 aliphatic rings. The summed E-state index contributed by atoms with van der Waals surface area (Å²) in [5.74, 6) is 0.854. The number of piperidine rings is 1. The van der Waals surface area contributed by atoms with Gasteiger partial charge in [0.05, 0.1) is 13.2 Å². The van der Waals surface area contributed by atoms with Gasteiger partial charge in [-0.25, -0.2) is 0 Å². The Labute approximate surface area is 156 Å². The second-order valence-electron chi connectivity index (χ2n) is 6.79. The molecule has 0 spiro atoms. The molecule has 0 saturated carbocycles. The average molecular weight is 349 g/mol. The maximum Gasteiger partial charge on any atom is 0.118 e. The van der Waals surface area contributed by atoms with Gasteiger partial charge in [-0.05, 0) is 36.1 Å². The van der Waals surface area contributed by atoms with Crippen molar-refractivity contribution < 1.29 is 9.84 Å². The minimum absolute atomic E-state index is 0.170. The van der Waals surface area contributed by atoms with Gasteiger partial charge in [0.1, 0.15) is 5.75 Å². The molecule has 0 bridgehead atoms. The van der Waals surface area contributed by atoms with Crippen LogP contribution in [0.3, 0.4) is 0 Å². The zero-order valence-corrected chi connectivity index (χ0v) is 15.3. The van der Waals surface area contributed by atoms with E-state index in [0.29, 0.717) is 0 Å². The lowest BCUT2D eigenvalue weighted by atomic mass is 9.91. The van der Waals surface area contributed by atoms with Crippen LogP contribution in [-0.4, -0.2) is 35.3 Å². The van der Waals surface area contributed by atoms with E-state index in [0.717, 1.165) is 30.7 Å². The molecule has 2 aromatic carbocycles. The highest BCUT2D eigenvalue weighted by molar-refractivity contribution is 5.51. The highest BCUT2D eigenvalue weighted by atomic mass is 16.5. The number of rotatable bonds is 6. The SMILES string of the molecule is C=C[C@H]1C[C@@H](O)C[C@@H](/C=C/c2ccc(OC)cc2)N1Cc1ccccc1. The first kappa shape index (κ1) is 18.4. The molecular formula is C23H27NO2. The Kier molecular flexibility index (Phi) is 6.26. The van der Waals surface area contributed by atoms with Gasteiger partial charge in [-0.1, -0.05) is 60.7 Å². The lowest BCUT2D eigenvalue weighted by Crippen LogP contribution is -2.48. The summed E-state index contributed by atoms with van der Waals surface area (Å²) in [5.41, 5.74) is 2.40. The van der Waals surface area contributed by atoms with Gasteiger partial charge in [0.2, 0.25) is 0 Å². The maximum atomic E-state index is 10.3. The van der Waals surface area contributed by atoms with Crippen molar-refractivity contribution in [1.29, 1.82) is 0 Å². The van der Waals surface area contributed by atoms with Gasteiger partial charge in [0.25, 0.3) is 0 Å². The molecule has 26 heavy (non-hydrogen) atoms. The second-order valence-corrected chi connectivity index (χ2v) is 6.79. The monoisotopic (exact) mass is 349 g/mol. The zero-order valence-electron chi connectivity index (χ0n) is 15.3. The van der Waals surface area contributed by atoms with E-state index in [-0.39, 0.29) is 18.2 Å². The van der Waals surface area contributed by atoms with Crippen LogP contribution in [0.15, 0.2) is 73.3 Å². The van der Waals surface area contributed by atoms with Crippen molar-refractivity contribution in [2.24, 2.45) is 0 Å². The van der Waals surface area contributed by atoms with E-state index in [2.05, 4.69) is 47.9 Å². The maximum absolute atomic E-state index is 10.3. The number of likely N-dealkylation sites (tertiary alicyclic amines) is 1. The fraction of sp³-hybridized carbons (Fsp3) is 0.304. The molecule has 1 fully saturated rings. The first-order valence-corrected chi connectivity index (χ1v) is 9.12. The van der Waals surface area contributed by atoms with Crippen LogP contribution in [0.2, 0.25) is 0 Å². The van der Waals surface area contributed by atoms with E-state index >= 15 is 0 Å². The van der Waals surface area contributed by atoms with Crippen molar-refractivity contribution in [2.75, 3.05) is 7.11 Å². The first-order valence-electron chi connectivity index (χ1n) is 9.12. The van der Waals surface area contributed by atoms with Gasteiger partial charge >= 0.3 is 0 Å². The number of aliphatic hydroxyl groups excluding tert-OH is 1. The summed E-state index contributed by atoms with van der Waals surface area (Å²) < 4.78 is 5.21. The van der Waals surface area contributed by atoms with Crippen molar-refractivity contribution in [2.45, 2.75) is 37.6 Å². The molecule has 1 aliphatic heterocycles. The van der Waals surface area contributed by atoms with Crippen molar-refractivity contribution >= 4 is 6.08 Å². The standard InChI is InChI=1S/C23H27NO2/c1-3-20-15-22(25)16-21(24(20)17-19-7-5-4-6-8-19)12-9-18-10-13-23(26-2)14-11-18/h3-14,20-22,25H,1,15-17H2,2H3/b12-9+/t20-,21+,22+/m0/s1. The minimum Gasteiger partial charge on any atom is -0.497 e. The third kappa shape index (κ3) is 4.63. The Morgan fingerprint density at radius 2 is 1.77 bits per heavy atom. The summed E-state index contributed by atoms with van der Waals surface area (Å²) in [7, 11) is 1.67. The Hall–Kier alpha value is -2.36. The number of hydrogen-bond acceptors (Lipinski definition) is 3. The molecule has 3 rings (SSSR count). The van der Waals surface area contributed by atoms with Gasteiger partial charge in [-0.2, -0.15) is 0 Å². The molecule has 0 unspecified atom stereocenters. The molecule has 3 nitrogen and oxygen atoms in total. The lowest BCUT2D eigenvalue weighted by Gasteiger charge is -2.42. The van der Waals surface area contributed by atoms with Gasteiger partial charge < -0.3 is 9.84 Å². The Morgan fingerprint density at radius 3 is 2.42 bits per heavy atom. The van der Waals surface area contributed by atoms with E-state index < -0.39 is 0 Å². The number of ether oxygens (including phenoxy) is 1. The number of hydrogen-bond donors (Lipinski definition) is 1. The highest BCUT2D eigenvalue weighted by Crippen LogP contribution is 2.27. The van der Waals surface area contributed by atoms with Crippen LogP contribution in [0, 0.1) is 0 Å². The molecule has 1 heterocycles. The van der Waals surface area contributed by atoms with Crippen LogP contribution in [-0.2, 0) is 6.54 Å². The fourth-order valence-electron chi connectivity index (χ4n) is 3.56. The molecule has 1 N–H and O–H groups in total. The highest BCUT2D eigenvalue weighted by Gasteiger charge is 2.31. The number of benzene rings is 2. The zero-order chi connectivity index (χ0) is 18.4. The second kappa shape index (κ2) is 8.84. The van der Waals surface area contributed by atoms with E-state index in [9.17, 15) is 5.11 Å². The Bertz CT molecular complexity index is 724. The molecule has 136 valence electrons. The number of aliphatic hydroxyl groups is 1. The van der Waals surface area contributed by atoms with Gasteiger partial charge in [-0.3, -0.25) is 4.90 Å². The van der Waals surface area contributed by atoms with Crippen molar-refractivity contribution in [1.82, 2.24) is 4.90 Å². The van der Waals surface area contributed by atoms with Gasteiger partial charge in [0.15, 0.2) is 0 Å².